The van der Waals surface area contributed by atoms with Gasteiger partial charge in [0.15, 0.2) is 6.29 Å². The summed E-state index contributed by atoms with van der Waals surface area (Å²) in [4.78, 5) is 0. The van der Waals surface area contributed by atoms with E-state index in [2.05, 4.69) is 45.0 Å². The molecule has 16 heavy (non-hydrogen) atoms. The van der Waals surface area contributed by atoms with Gasteiger partial charge in [-0.25, -0.2) is 0 Å². The van der Waals surface area contributed by atoms with E-state index in [-0.39, 0.29) is 12.4 Å². The number of rotatable bonds is 6. The second-order valence-electron chi connectivity index (χ2n) is 4.22. The minimum Gasteiger partial charge on any atom is -0.350 e. The van der Waals surface area contributed by atoms with Gasteiger partial charge in [0.25, 0.3) is 0 Å². The summed E-state index contributed by atoms with van der Waals surface area (Å²) >= 11 is 0. The van der Waals surface area contributed by atoms with Gasteiger partial charge in [-0.05, 0) is 32.8 Å². The molecule has 0 saturated carbocycles. The molecule has 0 aliphatic rings. The molecular weight excluding hydrogens is 200 g/mol. The molecule has 0 bridgehead atoms. The van der Waals surface area contributed by atoms with E-state index in [1.165, 1.54) is 11.1 Å². The largest absolute Gasteiger partial charge is 0.350 e. The van der Waals surface area contributed by atoms with E-state index < -0.39 is 0 Å². The molecule has 0 aliphatic carbocycles. The Labute approximate surface area is 98.6 Å². The van der Waals surface area contributed by atoms with Gasteiger partial charge in [-0.3, -0.25) is 0 Å². The van der Waals surface area contributed by atoms with Crippen molar-refractivity contribution in [1.82, 2.24) is 0 Å². The zero-order valence-corrected chi connectivity index (χ0v) is 10.7. The lowest BCUT2D eigenvalue weighted by atomic mass is 10.2. The van der Waals surface area contributed by atoms with Crippen LogP contribution in [-0.4, -0.2) is 12.4 Å². The average Bonchev–Trinajstić information content (AvgIpc) is 2.28. The normalized spacial score (nSPS) is 14.8. The molecule has 1 rings (SSSR count). The van der Waals surface area contributed by atoms with Gasteiger partial charge in [0.2, 0.25) is 0 Å². The summed E-state index contributed by atoms with van der Waals surface area (Å²) in [7, 11) is 0. The van der Waals surface area contributed by atoms with E-state index >= 15 is 0 Å². The zero-order valence-electron chi connectivity index (χ0n) is 10.7. The highest BCUT2D eigenvalue weighted by molar-refractivity contribution is 5.20. The van der Waals surface area contributed by atoms with Gasteiger partial charge in [0, 0.05) is 0 Å². The summed E-state index contributed by atoms with van der Waals surface area (Å²) in [5.41, 5.74) is 2.46. The van der Waals surface area contributed by atoms with Gasteiger partial charge in [0.05, 0.1) is 12.7 Å². The Bertz CT molecular complexity index is 292. The maximum absolute atomic E-state index is 5.62. The van der Waals surface area contributed by atoms with Crippen LogP contribution in [-0.2, 0) is 16.1 Å². The lowest BCUT2D eigenvalue weighted by Crippen LogP contribution is -2.19. The molecule has 0 spiro atoms. The summed E-state index contributed by atoms with van der Waals surface area (Å²) in [5, 5.41) is 0. The molecule has 0 saturated heterocycles. The summed E-state index contributed by atoms with van der Waals surface area (Å²) in [6.07, 6.45) is 1.13. The van der Waals surface area contributed by atoms with E-state index in [9.17, 15) is 0 Å². The van der Waals surface area contributed by atoms with Crippen LogP contribution in [0, 0.1) is 6.92 Å². The third-order valence-corrected chi connectivity index (χ3v) is 2.60. The van der Waals surface area contributed by atoms with Gasteiger partial charge < -0.3 is 9.47 Å². The highest BCUT2D eigenvalue weighted by Gasteiger charge is 2.06. The second kappa shape index (κ2) is 6.66. The molecule has 2 heteroatoms. The van der Waals surface area contributed by atoms with Crippen molar-refractivity contribution in [3.8, 4) is 0 Å². The van der Waals surface area contributed by atoms with Crippen LogP contribution in [0.15, 0.2) is 24.3 Å². The van der Waals surface area contributed by atoms with Crippen LogP contribution >= 0.6 is 0 Å². The average molecular weight is 222 g/mol. The summed E-state index contributed by atoms with van der Waals surface area (Å²) in [6, 6.07) is 8.37. The lowest BCUT2D eigenvalue weighted by Gasteiger charge is -2.18. The van der Waals surface area contributed by atoms with E-state index in [1.807, 2.05) is 6.92 Å². The molecule has 0 aromatic heterocycles. The number of ether oxygens (including phenoxy) is 2. The SMILES string of the molecule is CCC(C)OC(C)OCc1ccc(C)cc1. The molecule has 2 nitrogen and oxygen atoms in total. The Morgan fingerprint density at radius 2 is 1.75 bits per heavy atom. The van der Waals surface area contributed by atoms with Gasteiger partial charge >= 0.3 is 0 Å². The van der Waals surface area contributed by atoms with Crippen LogP contribution < -0.4 is 0 Å². The molecule has 0 aliphatic heterocycles. The highest BCUT2D eigenvalue weighted by atomic mass is 16.7. The first-order chi connectivity index (χ1) is 7.61. The first-order valence-electron chi connectivity index (χ1n) is 5.94. The lowest BCUT2D eigenvalue weighted by molar-refractivity contribution is -0.162. The number of hydrogen-bond donors (Lipinski definition) is 0. The number of hydrogen-bond acceptors (Lipinski definition) is 2. The maximum Gasteiger partial charge on any atom is 0.155 e. The van der Waals surface area contributed by atoms with E-state index in [1.54, 1.807) is 0 Å². The molecule has 2 atom stereocenters. The van der Waals surface area contributed by atoms with Crippen molar-refractivity contribution in [2.45, 2.75) is 53.1 Å². The van der Waals surface area contributed by atoms with Crippen LogP contribution in [0.25, 0.3) is 0 Å². The van der Waals surface area contributed by atoms with Crippen molar-refractivity contribution < 1.29 is 9.47 Å². The topological polar surface area (TPSA) is 18.5 Å². The maximum atomic E-state index is 5.62. The fraction of sp³-hybridized carbons (Fsp3) is 0.571. The Morgan fingerprint density at radius 3 is 2.31 bits per heavy atom. The van der Waals surface area contributed by atoms with Gasteiger partial charge in [0.1, 0.15) is 0 Å². The summed E-state index contributed by atoms with van der Waals surface area (Å²) in [5.74, 6) is 0. The van der Waals surface area contributed by atoms with Crippen molar-refractivity contribution >= 4 is 0 Å². The van der Waals surface area contributed by atoms with Gasteiger partial charge in [-0.2, -0.15) is 0 Å². The zero-order chi connectivity index (χ0) is 12.0. The first-order valence-corrected chi connectivity index (χ1v) is 5.94. The molecule has 0 N–H and O–H groups in total. The molecule has 0 heterocycles. The van der Waals surface area contributed by atoms with Crippen molar-refractivity contribution in [2.24, 2.45) is 0 Å². The number of benzene rings is 1. The molecule has 1 aromatic carbocycles. The van der Waals surface area contributed by atoms with Crippen molar-refractivity contribution in [3.63, 3.8) is 0 Å². The van der Waals surface area contributed by atoms with Crippen LogP contribution in [0.3, 0.4) is 0 Å². The predicted molar refractivity (Wildman–Crippen MR) is 66.3 cm³/mol. The number of aryl methyl sites for hydroxylation is 1. The monoisotopic (exact) mass is 222 g/mol. The first kappa shape index (κ1) is 13.2. The van der Waals surface area contributed by atoms with Crippen molar-refractivity contribution in [2.75, 3.05) is 0 Å². The van der Waals surface area contributed by atoms with Crippen molar-refractivity contribution in [3.05, 3.63) is 35.4 Å². The van der Waals surface area contributed by atoms with Gasteiger partial charge in [-0.1, -0.05) is 36.8 Å². The van der Waals surface area contributed by atoms with Crippen LogP contribution in [0.4, 0.5) is 0 Å². The van der Waals surface area contributed by atoms with E-state index in [0.717, 1.165) is 6.42 Å². The Morgan fingerprint density at radius 1 is 1.12 bits per heavy atom. The predicted octanol–water partition coefficient (Wildman–Crippen LogP) is 3.67. The highest BCUT2D eigenvalue weighted by Crippen LogP contribution is 2.08. The minimum absolute atomic E-state index is 0.142. The van der Waals surface area contributed by atoms with Crippen LogP contribution in [0.5, 0.6) is 0 Å². The quantitative estimate of drug-likeness (QED) is 0.684. The molecule has 2 unspecified atom stereocenters. The molecule has 90 valence electrons. The molecule has 1 aromatic rings. The molecule has 0 radical (unpaired) electrons. The molecule has 0 amide bonds. The van der Waals surface area contributed by atoms with Crippen molar-refractivity contribution in [1.29, 1.82) is 0 Å². The van der Waals surface area contributed by atoms with Gasteiger partial charge in [-0.15, -0.1) is 0 Å². The van der Waals surface area contributed by atoms with E-state index in [0.29, 0.717) is 6.61 Å². The van der Waals surface area contributed by atoms with Crippen LogP contribution in [0.1, 0.15) is 38.3 Å². The fourth-order valence-corrected chi connectivity index (χ4v) is 1.36. The summed E-state index contributed by atoms with van der Waals surface area (Å²) < 4.78 is 11.2. The Kier molecular flexibility index (Phi) is 5.50. The minimum atomic E-state index is -0.142. The fourth-order valence-electron chi connectivity index (χ4n) is 1.36. The standard InChI is InChI=1S/C14H22O2/c1-5-12(3)16-13(4)15-10-14-8-6-11(2)7-9-14/h6-9,12-13H,5,10H2,1-4H3. The molecule has 0 fully saturated rings. The third kappa shape index (κ3) is 4.77. The second-order valence-corrected chi connectivity index (χ2v) is 4.22. The summed E-state index contributed by atoms with van der Waals surface area (Å²) in [6.45, 7) is 8.81. The third-order valence-electron chi connectivity index (χ3n) is 2.60. The molecular formula is C14H22O2. The smallest absolute Gasteiger partial charge is 0.155 e. The van der Waals surface area contributed by atoms with E-state index in [4.69, 9.17) is 9.47 Å². The Hall–Kier alpha value is -0.860. The Balaban J connectivity index is 2.31. The van der Waals surface area contributed by atoms with Crippen LogP contribution in [0.2, 0.25) is 0 Å².